The number of amides is 2. The molecule has 12 heteroatoms. The van der Waals surface area contributed by atoms with Crippen molar-refractivity contribution in [1.29, 1.82) is 0 Å². The number of nitrogens with zero attached hydrogens (tertiary/aromatic N) is 1. The van der Waals surface area contributed by atoms with Gasteiger partial charge in [-0.15, -0.1) is 11.8 Å². The number of aryl methyl sites for hydroxylation is 2. The number of fused-ring (bicyclic) bond motifs is 2. The Kier molecular flexibility index (Phi) is 8.38. The molecule has 3 unspecified atom stereocenters. The molecule has 0 radical (unpaired) electrons. The molecule has 2 heterocycles. The molecule has 3 aliphatic rings. The quantitative estimate of drug-likeness (QED) is 0.160. The van der Waals surface area contributed by atoms with Gasteiger partial charge < -0.3 is 14.8 Å². The summed E-state index contributed by atoms with van der Waals surface area (Å²) >= 11 is 18.4. The Hall–Kier alpha value is -2.72. The predicted molar refractivity (Wildman–Crippen MR) is 152 cm³/mol. The average molecular weight is 624 g/mol. The van der Waals surface area contributed by atoms with Gasteiger partial charge in [0, 0.05) is 5.25 Å². The van der Waals surface area contributed by atoms with Crippen LogP contribution >= 0.6 is 46.6 Å². The molecule has 0 aromatic heterocycles. The molecule has 0 saturated carbocycles. The smallest absolute Gasteiger partial charge is 0.354 e. The Bertz CT molecular complexity index is 1380. The zero-order valence-corrected chi connectivity index (χ0v) is 24.4. The van der Waals surface area contributed by atoms with E-state index in [2.05, 4.69) is 5.32 Å². The summed E-state index contributed by atoms with van der Waals surface area (Å²) in [7, 11) is 0. The van der Waals surface area contributed by atoms with Crippen LogP contribution < -0.4 is 10.1 Å². The van der Waals surface area contributed by atoms with Crippen molar-refractivity contribution in [1.82, 2.24) is 10.2 Å². The molecule has 4 atom stereocenters. The molecule has 2 aliphatic heterocycles. The zero-order chi connectivity index (χ0) is 28.6. The minimum atomic E-state index is -1.80. The predicted octanol–water partition coefficient (Wildman–Crippen LogP) is 4.45. The van der Waals surface area contributed by atoms with Crippen LogP contribution in [0.1, 0.15) is 36.0 Å². The van der Waals surface area contributed by atoms with E-state index in [9.17, 15) is 19.2 Å². The maximum absolute atomic E-state index is 13.6. The van der Waals surface area contributed by atoms with Crippen LogP contribution in [0.4, 0.5) is 0 Å². The molecule has 0 spiro atoms. The maximum Gasteiger partial charge on any atom is 0.354 e. The number of halogens is 3. The lowest BCUT2D eigenvalue weighted by molar-refractivity contribution is -0.153. The third kappa shape index (κ3) is 6.12. The van der Waals surface area contributed by atoms with E-state index in [1.807, 2.05) is 19.1 Å². The van der Waals surface area contributed by atoms with E-state index < -0.39 is 51.5 Å². The maximum atomic E-state index is 13.6. The van der Waals surface area contributed by atoms with Crippen molar-refractivity contribution in [3.63, 3.8) is 0 Å². The molecular weight excluding hydrogens is 599 g/mol. The van der Waals surface area contributed by atoms with Crippen LogP contribution in [-0.4, -0.2) is 55.7 Å². The second-order valence-electron chi connectivity index (χ2n) is 9.72. The lowest BCUT2D eigenvalue weighted by Crippen LogP contribution is -2.71. The van der Waals surface area contributed by atoms with Gasteiger partial charge in [-0.1, -0.05) is 71.2 Å². The van der Waals surface area contributed by atoms with E-state index in [4.69, 9.17) is 44.3 Å². The van der Waals surface area contributed by atoms with Gasteiger partial charge in [0.05, 0.1) is 0 Å². The first-order chi connectivity index (χ1) is 19.0. The SMILES string of the molecule is CC1C=C(C(=O)OCC(Cl)(Cl)Cl)N2C(=O)C(NC(=O)C(C(=O)Oc3ccc4c(c3)CCC4)c3ccccc3)[C@@H]2S1. The molecule has 8 nitrogen and oxygen atoms in total. The first-order valence-electron chi connectivity index (χ1n) is 12.6. The molecule has 1 saturated heterocycles. The Morgan fingerprint density at radius 3 is 2.55 bits per heavy atom. The molecule has 40 heavy (non-hydrogen) atoms. The van der Waals surface area contributed by atoms with Gasteiger partial charge in [0.1, 0.15) is 29.5 Å². The van der Waals surface area contributed by atoms with Crippen LogP contribution in [-0.2, 0) is 36.8 Å². The van der Waals surface area contributed by atoms with Crippen LogP contribution in [0.5, 0.6) is 5.75 Å². The van der Waals surface area contributed by atoms with E-state index in [0.717, 1.165) is 24.8 Å². The third-order valence-corrected chi connectivity index (χ3v) is 8.50. The van der Waals surface area contributed by atoms with Gasteiger partial charge in [0.25, 0.3) is 5.91 Å². The highest BCUT2D eigenvalue weighted by Gasteiger charge is 2.55. The lowest BCUT2D eigenvalue weighted by atomic mass is 9.96. The van der Waals surface area contributed by atoms with Gasteiger partial charge in [-0.05, 0) is 61.1 Å². The van der Waals surface area contributed by atoms with Crippen molar-refractivity contribution in [3.8, 4) is 5.75 Å². The van der Waals surface area contributed by atoms with Gasteiger partial charge >= 0.3 is 11.9 Å². The van der Waals surface area contributed by atoms with Crippen molar-refractivity contribution in [2.75, 3.05) is 6.61 Å². The molecule has 2 amide bonds. The number of β-lactam (4-membered cyclic amide) rings is 1. The van der Waals surface area contributed by atoms with E-state index in [1.165, 1.54) is 22.2 Å². The standard InChI is InChI=1S/C28H25Cl3N2O6S/c1-15-12-20(26(36)38-14-28(29,30)31)33-24(35)22(25(33)40-15)32-23(34)21(17-6-3-2-4-7-17)27(37)39-19-11-10-16-8-5-9-18(16)13-19/h2-4,6-7,10-13,15,21-22,25H,5,8-9,14H2,1H3,(H,32,34)/t15?,21?,22?,25-/m0/s1. The Balaban J connectivity index is 1.31. The third-order valence-electron chi connectivity index (χ3n) is 6.84. The van der Waals surface area contributed by atoms with Gasteiger partial charge in [0.2, 0.25) is 9.70 Å². The van der Waals surface area contributed by atoms with E-state index in [0.29, 0.717) is 11.3 Å². The Morgan fingerprint density at radius 2 is 1.82 bits per heavy atom. The number of alkyl halides is 3. The minimum Gasteiger partial charge on any atom is -0.456 e. The van der Waals surface area contributed by atoms with Crippen molar-refractivity contribution in [2.45, 2.75) is 52.6 Å². The summed E-state index contributed by atoms with van der Waals surface area (Å²) in [5.74, 6) is -3.73. The van der Waals surface area contributed by atoms with Crippen LogP contribution in [0.3, 0.4) is 0 Å². The second kappa shape index (κ2) is 11.6. The topological polar surface area (TPSA) is 102 Å². The summed E-state index contributed by atoms with van der Waals surface area (Å²) in [6.45, 7) is 1.35. The Labute approximate surface area is 250 Å². The normalized spacial score (nSPS) is 22.3. The summed E-state index contributed by atoms with van der Waals surface area (Å²) in [4.78, 5) is 54.0. The highest BCUT2D eigenvalue weighted by Crippen LogP contribution is 2.41. The fourth-order valence-electron chi connectivity index (χ4n) is 5.01. The van der Waals surface area contributed by atoms with Crippen LogP contribution in [0, 0.1) is 0 Å². The fourth-order valence-corrected chi connectivity index (χ4v) is 6.50. The van der Waals surface area contributed by atoms with Crippen molar-refractivity contribution >= 4 is 70.3 Å². The minimum absolute atomic E-state index is 0.0108. The van der Waals surface area contributed by atoms with Crippen LogP contribution in [0.2, 0.25) is 0 Å². The fraction of sp³-hybridized carbons (Fsp3) is 0.357. The van der Waals surface area contributed by atoms with Gasteiger partial charge in [-0.3, -0.25) is 19.3 Å². The highest BCUT2D eigenvalue weighted by molar-refractivity contribution is 8.00. The zero-order valence-electron chi connectivity index (χ0n) is 21.3. The van der Waals surface area contributed by atoms with Crippen LogP contribution in [0.25, 0.3) is 0 Å². The largest absolute Gasteiger partial charge is 0.456 e. The second-order valence-corrected chi connectivity index (χ2v) is 13.7. The van der Waals surface area contributed by atoms with Crippen molar-refractivity contribution in [3.05, 3.63) is 77.0 Å². The molecule has 2 aromatic carbocycles. The summed E-state index contributed by atoms with van der Waals surface area (Å²) < 4.78 is 8.93. The lowest BCUT2D eigenvalue weighted by Gasteiger charge is -2.49. The van der Waals surface area contributed by atoms with Gasteiger partial charge in [-0.25, -0.2) is 4.79 Å². The summed E-state index contributed by atoms with van der Waals surface area (Å²) in [5.41, 5.74) is 2.80. The number of esters is 2. The summed E-state index contributed by atoms with van der Waals surface area (Å²) in [5, 5.41) is 1.95. The first kappa shape index (κ1) is 28.8. The molecule has 210 valence electrons. The molecule has 1 aliphatic carbocycles. The number of thioether (sulfide) groups is 1. The average Bonchev–Trinajstić information content (AvgIpc) is 3.38. The van der Waals surface area contributed by atoms with Gasteiger partial charge in [-0.2, -0.15) is 0 Å². The van der Waals surface area contributed by atoms with Crippen LogP contribution in [0.15, 0.2) is 60.3 Å². The number of hydrogen-bond acceptors (Lipinski definition) is 7. The number of hydrogen-bond donors (Lipinski definition) is 1. The summed E-state index contributed by atoms with van der Waals surface area (Å²) in [6, 6.07) is 13.0. The first-order valence-corrected chi connectivity index (χ1v) is 14.7. The Morgan fingerprint density at radius 1 is 1.10 bits per heavy atom. The summed E-state index contributed by atoms with van der Waals surface area (Å²) in [6.07, 6.45) is 4.53. The number of nitrogens with one attached hydrogen (secondary N) is 1. The monoisotopic (exact) mass is 622 g/mol. The van der Waals surface area contributed by atoms with Gasteiger partial charge in [0.15, 0.2) is 5.92 Å². The van der Waals surface area contributed by atoms with E-state index in [-0.39, 0.29) is 10.9 Å². The molecule has 1 fully saturated rings. The number of rotatable bonds is 7. The number of ether oxygens (including phenoxy) is 2. The molecule has 1 N–H and O–H groups in total. The molecule has 2 aromatic rings. The van der Waals surface area contributed by atoms with Crippen molar-refractivity contribution < 1.29 is 28.7 Å². The highest BCUT2D eigenvalue weighted by atomic mass is 35.6. The number of carbonyl (C=O) groups excluding carboxylic acids is 4. The van der Waals surface area contributed by atoms with Crippen molar-refractivity contribution in [2.24, 2.45) is 0 Å². The van der Waals surface area contributed by atoms with E-state index in [1.54, 1.807) is 42.5 Å². The molecule has 0 bridgehead atoms. The number of benzene rings is 2. The van der Waals surface area contributed by atoms with E-state index >= 15 is 0 Å². The number of carbonyl (C=O) groups is 4. The molecular formula is C28H25Cl3N2O6S. The molecule has 5 rings (SSSR count).